The summed E-state index contributed by atoms with van der Waals surface area (Å²) < 4.78 is 0. The second kappa shape index (κ2) is 3.78. The molecule has 2 aliphatic heterocycles. The molecule has 0 bridgehead atoms. The quantitative estimate of drug-likeness (QED) is 0.649. The van der Waals surface area contributed by atoms with E-state index >= 15 is 0 Å². The molecule has 11 heavy (non-hydrogen) atoms. The van der Waals surface area contributed by atoms with Gasteiger partial charge in [0.05, 0.1) is 0 Å². The summed E-state index contributed by atoms with van der Waals surface area (Å²) in [6.45, 7) is 5.15. The highest BCUT2D eigenvalue weighted by molar-refractivity contribution is 7.99. The van der Waals surface area contributed by atoms with E-state index in [0.29, 0.717) is 0 Å². The van der Waals surface area contributed by atoms with Crippen molar-refractivity contribution in [2.45, 2.75) is 12.5 Å². The first-order valence-electron chi connectivity index (χ1n) is 4.48. The molecule has 1 unspecified atom stereocenters. The van der Waals surface area contributed by atoms with Gasteiger partial charge in [-0.25, -0.2) is 0 Å². The van der Waals surface area contributed by atoms with Gasteiger partial charge in [-0.3, -0.25) is 0 Å². The lowest BCUT2D eigenvalue weighted by molar-refractivity contribution is 0.223. The Morgan fingerprint density at radius 2 is 2.09 bits per heavy atom. The minimum atomic E-state index is 0.818. The fraction of sp³-hybridized carbons (Fsp3) is 1.00. The Morgan fingerprint density at radius 3 is 2.64 bits per heavy atom. The predicted octanol–water partition coefficient (Wildman–Crippen LogP) is 0.397. The SMILES string of the molecule is C1CC(CN2CCSCC2)N1. The molecule has 0 radical (unpaired) electrons. The second-order valence-electron chi connectivity index (χ2n) is 3.35. The van der Waals surface area contributed by atoms with E-state index in [-0.39, 0.29) is 0 Å². The molecular formula is C8H16N2S. The highest BCUT2D eigenvalue weighted by Crippen LogP contribution is 2.11. The highest BCUT2D eigenvalue weighted by atomic mass is 32.2. The molecule has 2 saturated heterocycles. The Hall–Kier alpha value is 0.270. The van der Waals surface area contributed by atoms with Crippen LogP contribution in [-0.4, -0.2) is 48.6 Å². The van der Waals surface area contributed by atoms with E-state index in [1.165, 1.54) is 44.1 Å². The number of nitrogens with one attached hydrogen (secondary N) is 1. The third-order valence-corrected chi connectivity index (χ3v) is 3.45. The van der Waals surface area contributed by atoms with Crippen molar-refractivity contribution < 1.29 is 0 Å². The Kier molecular flexibility index (Phi) is 2.72. The van der Waals surface area contributed by atoms with E-state index in [2.05, 4.69) is 22.0 Å². The average molecular weight is 172 g/mol. The highest BCUT2D eigenvalue weighted by Gasteiger charge is 2.20. The van der Waals surface area contributed by atoms with E-state index in [9.17, 15) is 0 Å². The summed E-state index contributed by atoms with van der Waals surface area (Å²) in [5, 5.41) is 3.44. The van der Waals surface area contributed by atoms with Gasteiger partial charge >= 0.3 is 0 Å². The maximum Gasteiger partial charge on any atom is 0.0207 e. The van der Waals surface area contributed by atoms with Gasteiger partial charge in [-0.2, -0.15) is 11.8 Å². The molecular weight excluding hydrogens is 156 g/mol. The van der Waals surface area contributed by atoms with Crippen LogP contribution in [-0.2, 0) is 0 Å². The summed E-state index contributed by atoms with van der Waals surface area (Å²) in [7, 11) is 0. The molecule has 64 valence electrons. The summed E-state index contributed by atoms with van der Waals surface area (Å²) in [6.07, 6.45) is 1.39. The van der Waals surface area contributed by atoms with Crippen LogP contribution in [0.25, 0.3) is 0 Å². The lowest BCUT2D eigenvalue weighted by Crippen LogP contribution is -2.51. The lowest BCUT2D eigenvalue weighted by atomic mass is 10.1. The van der Waals surface area contributed by atoms with Crippen molar-refractivity contribution in [2.75, 3.05) is 37.7 Å². The van der Waals surface area contributed by atoms with Crippen LogP contribution >= 0.6 is 11.8 Å². The van der Waals surface area contributed by atoms with Crippen LogP contribution < -0.4 is 5.32 Å². The summed E-state index contributed by atoms with van der Waals surface area (Å²) in [5.41, 5.74) is 0. The fourth-order valence-corrected chi connectivity index (χ4v) is 2.58. The third kappa shape index (κ3) is 2.10. The van der Waals surface area contributed by atoms with Crippen molar-refractivity contribution in [3.8, 4) is 0 Å². The molecule has 1 atom stereocenters. The minimum absolute atomic E-state index is 0.818. The van der Waals surface area contributed by atoms with Crippen molar-refractivity contribution >= 4 is 11.8 Å². The van der Waals surface area contributed by atoms with Gasteiger partial charge in [0.25, 0.3) is 0 Å². The number of nitrogens with zero attached hydrogens (tertiary/aromatic N) is 1. The molecule has 0 amide bonds. The molecule has 2 heterocycles. The minimum Gasteiger partial charge on any atom is -0.313 e. The molecule has 0 aromatic carbocycles. The van der Waals surface area contributed by atoms with Crippen LogP contribution in [0.15, 0.2) is 0 Å². The van der Waals surface area contributed by atoms with Gasteiger partial charge in [0.1, 0.15) is 0 Å². The van der Waals surface area contributed by atoms with Gasteiger partial charge in [0.15, 0.2) is 0 Å². The van der Waals surface area contributed by atoms with E-state index in [1.54, 1.807) is 0 Å². The Bertz CT molecular complexity index is 119. The summed E-state index contributed by atoms with van der Waals surface area (Å²) in [5.74, 6) is 2.68. The molecule has 0 aliphatic carbocycles. The Balaban J connectivity index is 1.67. The molecule has 3 heteroatoms. The van der Waals surface area contributed by atoms with Crippen LogP contribution in [0.4, 0.5) is 0 Å². The molecule has 1 N–H and O–H groups in total. The smallest absolute Gasteiger partial charge is 0.0207 e. The molecule has 0 spiro atoms. The van der Waals surface area contributed by atoms with E-state index in [4.69, 9.17) is 0 Å². The van der Waals surface area contributed by atoms with Crippen molar-refractivity contribution in [3.05, 3.63) is 0 Å². The summed E-state index contributed by atoms with van der Waals surface area (Å²) >= 11 is 2.09. The second-order valence-corrected chi connectivity index (χ2v) is 4.58. The number of rotatable bonds is 2. The van der Waals surface area contributed by atoms with Crippen molar-refractivity contribution in [3.63, 3.8) is 0 Å². The Labute approximate surface area is 72.7 Å². The maximum atomic E-state index is 3.44. The first kappa shape index (κ1) is 7.90. The monoisotopic (exact) mass is 172 g/mol. The lowest BCUT2D eigenvalue weighted by Gasteiger charge is -2.35. The summed E-state index contributed by atoms with van der Waals surface area (Å²) in [4.78, 5) is 2.59. The van der Waals surface area contributed by atoms with E-state index in [0.717, 1.165) is 6.04 Å². The number of thioether (sulfide) groups is 1. The molecule has 2 aliphatic rings. The van der Waals surface area contributed by atoms with E-state index in [1.807, 2.05) is 0 Å². The molecule has 2 rings (SSSR count). The van der Waals surface area contributed by atoms with Gasteiger partial charge in [-0.15, -0.1) is 0 Å². The number of hydrogen-bond acceptors (Lipinski definition) is 3. The normalized spacial score (nSPS) is 33.3. The van der Waals surface area contributed by atoms with Gasteiger partial charge < -0.3 is 10.2 Å². The van der Waals surface area contributed by atoms with Crippen LogP contribution in [0, 0.1) is 0 Å². The molecule has 0 aromatic rings. The van der Waals surface area contributed by atoms with Gasteiger partial charge in [0, 0.05) is 37.2 Å². The number of hydrogen-bond donors (Lipinski definition) is 1. The first-order valence-corrected chi connectivity index (χ1v) is 5.64. The van der Waals surface area contributed by atoms with Crippen LogP contribution in [0.1, 0.15) is 6.42 Å². The maximum absolute atomic E-state index is 3.44. The van der Waals surface area contributed by atoms with Gasteiger partial charge in [0.2, 0.25) is 0 Å². The van der Waals surface area contributed by atoms with Crippen LogP contribution in [0.2, 0.25) is 0 Å². The van der Waals surface area contributed by atoms with Gasteiger partial charge in [-0.1, -0.05) is 0 Å². The Morgan fingerprint density at radius 1 is 1.36 bits per heavy atom. The molecule has 2 fully saturated rings. The molecule has 0 aromatic heterocycles. The fourth-order valence-electron chi connectivity index (χ4n) is 1.60. The van der Waals surface area contributed by atoms with Crippen molar-refractivity contribution in [1.29, 1.82) is 0 Å². The van der Waals surface area contributed by atoms with Crippen molar-refractivity contribution in [2.24, 2.45) is 0 Å². The van der Waals surface area contributed by atoms with Crippen LogP contribution in [0.3, 0.4) is 0 Å². The largest absolute Gasteiger partial charge is 0.313 e. The van der Waals surface area contributed by atoms with Crippen molar-refractivity contribution in [1.82, 2.24) is 10.2 Å². The zero-order valence-corrected chi connectivity index (χ0v) is 7.70. The predicted molar refractivity (Wildman–Crippen MR) is 50.2 cm³/mol. The zero-order chi connectivity index (χ0) is 7.52. The molecule has 0 saturated carbocycles. The first-order chi connectivity index (χ1) is 5.45. The van der Waals surface area contributed by atoms with Crippen LogP contribution in [0.5, 0.6) is 0 Å². The zero-order valence-electron chi connectivity index (χ0n) is 6.88. The van der Waals surface area contributed by atoms with Gasteiger partial charge in [-0.05, 0) is 13.0 Å². The third-order valence-electron chi connectivity index (χ3n) is 2.51. The standard InChI is InChI=1S/C8H16N2S/c1-2-9-8(1)7-10-3-5-11-6-4-10/h8-9H,1-7H2. The topological polar surface area (TPSA) is 15.3 Å². The average Bonchev–Trinajstić information content (AvgIpc) is 1.99. The summed E-state index contributed by atoms with van der Waals surface area (Å²) in [6, 6.07) is 0.818. The molecule has 2 nitrogen and oxygen atoms in total. The van der Waals surface area contributed by atoms with E-state index < -0.39 is 0 Å².